The lowest BCUT2D eigenvalue weighted by molar-refractivity contribution is -0.140. The van der Waals surface area contributed by atoms with Crippen LogP contribution in [0.3, 0.4) is 0 Å². The zero-order chi connectivity index (χ0) is 20.5. The highest BCUT2D eigenvalue weighted by molar-refractivity contribution is 5.68. The van der Waals surface area contributed by atoms with Crippen LogP contribution in [0.25, 0.3) is 0 Å². The lowest BCUT2D eigenvalue weighted by atomic mass is 9.98. The third-order valence-electron chi connectivity index (χ3n) is 4.11. The number of unbranched alkanes of at least 4 members (excludes halogenated alkanes) is 2. The van der Waals surface area contributed by atoms with E-state index in [9.17, 15) is 20.1 Å². The van der Waals surface area contributed by atoms with Crippen LogP contribution in [0.15, 0.2) is 48.6 Å². The molecular weight excluding hydrogens is 344 g/mol. The van der Waals surface area contributed by atoms with Crippen molar-refractivity contribution in [2.75, 3.05) is 7.11 Å². The molecule has 0 radical (unpaired) electrons. The molecule has 0 spiro atoms. The van der Waals surface area contributed by atoms with Crippen molar-refractivity contribution in [1.29, 1.82) is 0 Å². The third-order valence-corrected chi connectivity index (χ3v) is 4.11. The Morgan fingerprint density at radius 1 is 1.04 bits per heavy atom. The lowest BCUT2D eigenvalue weighted by Gasteiger charge is -2.18. The molecule has 5 nitrogen and oxygen atoms in total. The molecule has 0 rings (SSSR count). The highest BCUT2D eigenvalue weighted by Crippen LogP contribution is 2.16. The van der Waals surface area contributed by atoms with E-state index in [1.807, 2.05) is 25.2 Å². The average Bonchev–Trinajstić information content (AvgIpc) is 2.63. The SMILES string of the molecule is CCCCCC(C)(O)/C=C/C=C\C=C\C=C\[C@@H](O)[C@@H](O)CCCC(=O)OC. The maximum absolute atomic E-state index is 11.0. The van der Waals surface area contributed by atoms with Gasteiger partial charge in [0.2, 0.25) is 0 Å². The van der Waals surface area contributed by atoms with E-state index in [0.717, 1.165) is 25.7 Å². The van der Waals surface area contributed by atoms with E-state index in [1.165, 1.54) is 13.2 Å². The summed E-state index contributed by atoms with van der Waals surface area (Å²) < 4.78 is 4.52. The monoisotopic (exact) mass is 380 g/mol. The summed E-state index contributed by atoms with van der Waals surface area (Å²) in [5, 5.41) is 29.8. The summed E-state index contributed by atoms with van der Waals surface area (Å²) in [7, 11) is 1.32. The minimum atomic E-state index is -0.977. The van der Waals surface area contributed by atoms with Gasteiger partial charge < -0.3 is 20.1 Å². The van der Waals surface area contributed by atoms with Crippen LogP contribution in [0.5, 0.6) is 0 Å². The number of ether oxygens (including phenoxy) is 1. The molecule has 5 heteroatoms. The number of esters is 1. The molecular formula is C22H36O5. The topological polar surface area (TPSA) is 87.0 Å². The van der Waals surface area contributed by atoms with Crippen molar-refractivity contribution in [1.82, 2.24) is 0 Å². The Morgan fingerprint density at radius 2 is 1.67 bits per heavy atom. The van der Waals surface area contributed by atoms with Gasteiger partial charge in [-0.1, -0.05) is 74.8 Å². The number of allylic oxidation sites excluding steroid dienone is 6. The second kappa shape index (κ2) is 15.4. The van der Waals surface area contributed by atoms with Crippen molar-refractivity contribution < 1.29 is 24.9 Å². The van der Waals surface area contributed by atoms with E-state index in [-0.39, 0.29) is 12.4 Å². The molecule has 0 aliphatic carbocycles. The molecule has 0 aliphatic rings. The number of rotatable bonds is 14. The van der Waals surface area contributed by atoms with E-state index in [4.69, 9.17) is 0 Å². The minimum Gasteiger partial charge on any atom is -0.469 e. The first-order valence-corrected chi connectivity index (χ1v) is 9.67. The first-order chi connectivity index (χ1) is 12.8. The fraction of sp³-hybridized carbons (Fsp3) is 0.591. The Kier molecular flexibility index (Phi) is 14.4. The standard InChI is InChI=1S/C22H36O5/c1-4-5-11-17-22(2,26)18-12-9-7-6-8-10-14-19(23)20(24)15-13-16-21(25)27-3/h6-10,12,14,18-20,23-24,26H,4-5,11,13,15-17H2,1-3H3/b8-6+,9-7-,14-10+,18-12+/t19-,20+,22?/m1/s1. The molecule has 1 unspecified atom stereocenters. The Bertz CT molecular complexity index is 503. The summed E-state index contributed by atoms with van der Waals surface area (Å²) in [6, 6.07) is 0. The predicted molar refractivity (Wildman–Crippen MR) is 109 cm³/mol. The van der Waals surface area contributed by atoms with E-state index in [2.05, 4.69) is 11.7 Å². The zero-order valence-corrected chi connectivity index (χ0v) is 16.9. The van der Waals surface area contributed by atoms with E-state index < -0.39 is 17.8 Å². The quantitative estimate of drug-likeness (QED) is 0.243. The summed E-state index contributed by atoms with van der Waals surface area (Å²) in [6.45, 7) is 3.95. The molecule has 27 heavy (non-hydrogen) atoms. The molecule has 3 atom stereocenters. The number of hydrogen-bond acceptors (Lipinski definition) is 5. The fourth-order valence-corrected chi connectivity index (χ4v) is 2.37. The molecule has 154 valence electrons. The van der Waals surface area contributed by atoms with Gasteiger partial charge in [-0.3, -0.25) is 4.79 Å². The van der Waals surface area contributed by atoms with Crippen LogP contribution in [0.4, 0.5) is 0 Å². The van der Waals surface area contributed by atoms with Crippen LogP contribution in [-0.4, -0.2) is 46.2 Å². The normalized spacial score (nSPS) is 17.1. The highest BCUT2D eigenvalue weighted by atomic mass is 16.5. The first-order valence-electron chi connectivity index (χ1n) is 9.67. The van der Waals surface area contributed by atoms with Gasteiger partial charge in [0.15, 0.2) is 0 Å². The maximum Gasteiger partial charge on any atom is 0.305 e. The number of hydrogen-bond donors (Lipinski definition) is 3. The fourth-order valence-electron chi connectivity index (χ4n) is 2.37. The molecule has 3 N–H and O–H groups in total. The summed E-state index contributed by atoms with van der Waals surface area (Å²) in [5.41, 5.74) is -0.781. The van der Waals surface area contributed by atoms with Crippen molar-refractivity contribution in [3.8, 4) is 0 Å². The Balaban J connectivity index is 4.12. The molecule has 0 fully saturated rings. The van der Waals surface area contributed by atoms with Crippen LogP contribution in [-0.2, 0) is 9.53 Å². The average molecular weight is 381 g/mol. The van der Waals surface area contributed by atoms with Crippen LogP contribution < -0.4 is 0 Å². The number of carbonyl (C=O) groups excluding carboxylic acids is 1. The van der Waals surface area contributed by atoms with E-state index in [1.54, 1.807) is 24.3 Å². The molecule has 0 aromatic rings. The van der Waals surface area contributed by atoms with Gasteiger partial charge in [-0.05, 0) is 26.2 Å². The van der Waals surface area contributed by atoms with Crippen molar-refractivity contribution in [3.63, 3.8) is 0 Å². The van der Waals surface area contributed by atoms with Crippen molar-refractivity contribution in [2.45, 2.75) is 76.6 Å². The van der Waals surface area contributed by atoms with Gasteiger partial charge in [0.05, 0.1) is 24.9 Å². The first kappa shape index (κ1) is 25.3. The van der Waals surface area contributed by atoms with Crippen LogP contribution >= 0.6 is 0 Å². The Hall–Kier alpha value is -1.69. The largest absolute Gasteiger partial charge is 0.469 e. The van der Waals surface area contributed by atoms with Gasteiger partial charge in [-0.2, -0.15) is 0 Å². The molecule has 0 aromatic heterocycles. The Morgan fingerprint density at radius 3 is 2.30 bits per heavy atom. The summed E-state index contributed by atoms with van der Waals surface area (Å²) in [6.07, 6.45) is 17.1. The number of methoxy groups -OCH3 is 1. The third kappa shape index (κ3) is 15.1. The molecule has 0 aromatic carbocycles. The van der Waals surface area contributed by atoms with Crippen molar-refractivity contribution in [3.05, 3.63) is 48.6 Å². The lowest BCUT2D eigenvalue weighted by Crippen LogP contribution is -2.23. The zero-order valence-electron chi connectivity index (χ0n) is 16.9. The minimum absolute atomic E-state index is 0.230. The summed E-state index contributed by atoms with van der Waals surface area (Å²) in [5.74, 6) is -0.321. The van der Waals surface area contributed by atoms with Crippen LogP contribution in [0, 0.1) is 0 Å². The Labute approximate surface area is 163 Å². The van der Waals surface area contributed by atoms with Gasteiger partial charge >= 0.3 is 5.97 Å². The highest BCUT2D eigenvalue weighted by Gasteiger charge is 2.14. The van der Waals surface area contributed by atoms with Gasteiger partial charge in [-0.15, -0.1) is 0 Å². The maximum atomic E-state index is 11.0. The van der Waals surface area contributed by atoms with Gasteiger partial charge in [0.1, 0.15) is 0 Å². The molecule has 0 amide bonds. The molecule has 0 bridgehead atoms. The van der Waals surface area contributed by atoms with E-state index >= 15 is 0 Å². The second-order valence-corrected chi connectivity index (χ2v) is 6.85. The van der Waals surface area contributed by atoms with Crippen LogP contribution in [0.2, 0.25) is 0 Å². The molecule has 0 aliphatic heterocycles. The molecule has 0 heterocycles. The van der Waals surface area contributed by atoms with Gasteiger partial charge in [0, 0.05) is 6.42 Å². The number of aliphatic hydroxyl groups excluding tert-OH is 2. The van der Waals surface area contributed by atoms with Crippen molar-refractivity contribution >= 4 is 5.97 Å². The van der Waals surface area contributed by atoms with Gasteiger partial charge in [-0.25, -0.2) is 0 Å². The predicted octanol–water partition coefficient (Wildman–Crippen LogP) is 3.61. The molecule has 0 saturated heterocycles. The van der Waals surface area contributed by atoms with Crippen molar-refractivity contribution in [2.24, 2.45) is 0 Å². The number of aliphatic hydroxyl groups is 3. The number of carbonyl (C=O) groups is 1. The second-order valence-electron chi connectivity index (χ2n) is 6.85. The smallest absolute Gasteiger partial charge is 0.305 e. The summed E-state index contributed by atoms with van der Waals surface area (Å²) >= 11 is 0. The summed E-state index contributed by atoms with van der Waals surface area (Å²) in [4.78, 5) is 11.0. The van der Waals surface area contributed by atoms with Gasteiger partial charge in [0.25, 0.3) is 0 Å². The van der Waals surface area contributed by atoms with E-state index in [0.29, 0.717) is 12.8 Å². The molecule has 0 saturated carbocycles. The van der Waals surface area contributed by atoms with Crippen LogP contribution in [0.1, 0.15) is 58.8 Å².